The summed E-state index contributed by atoms with van der Waals surface area (Å²) in [6, 6.07) is 0. The molecule has 0 fully saturated rings. The second kappa shape index (κ2) is 2.96. The Morgan fingerprint density at radius 1 is 1.67 bits per heavy atom. The molecule has 0 bridgehead atoms. The van der Waals surface area contributed by atoms with Crippen LogP contribution in [0.3, 0.4) is 0 Å². The van der Waals surface area contributed by atoms with Crippen molar-refractivity contribution in [1.82, 2.24) is 0 Å². The zero-order chi connectivity index (χ0) is 7.49. The number of hydrogen-bond acceptors (Lipinski definition) is 1. The first kappa shape index (κ1) is 8.62. The highest BCUT2D eigenvalue weighted by Gasteiger charge is 2.24. The summed E-state index contributed by atoms with van der Waals surface area (Å²) in [6.07, 6.45) is -1.42. The van der Waals surface area contributed by atoms with Crippen LogP contribution in [0.5, 0.6) is 0 Å². The van der Waals surface area contributed by atoms with Crippen LogP contribution in [0.1, 0.15) is 12.8 Å². The van der Waals surface area contributed by atoms with Gasteiger partial charge in [0.15, 0.2) is 0 Å². The first-order valence-electron chi connectivity index (χ1n) is 2.20. The minimum absolute atomic E-state index is 0.601. The molecular formula is C4H5ClF2O2. The second-order valence-corrected chi connectivity index (χ2v) is 2.06. The van der Waals surface area contributed by atoms with Crippen LogP contribution >= 0.6 is 11.6 Å². The predicted molar refractivity (Wildman–Crippen MR) is 27.7 cm³/mol. The number of rotatable bonds is 3. The summed E-state index contributed by atoms with van der Waals surface area (Å²) in [5.74, 6) is -1.27. The second-order valence-electron chi connectivity index (χ2n) is 1.51. The first-order valence-corrected chi connectivity index (χ1v) is 2.58. The van der Waals surface area contributed by atoms with Crippen molar-refractivity contribution in [1.29, 1.82) is 0 Å². The Hall–Kier alpha value is -0.380. The molecule has 0 unspecified atom stereocenters. The van der Waals surface area contributed by atoms with E-state index in [0.29, 0.717) is 0 Å². The zero-order valence-electron chi connectivity index (χ0n) is 4.40. The van der Waals surface area contributed by atoms with Gasteiger partial charge >= 0.3 is 11.4 Å². The molecule has 0 aromatic carbocycles. The molecule has 0 radical (unpaired) electrons. The molecule has 0 aliphatic heterocycles. The minimum atomic E-state index is -3.38. The Kier molecular flexibility index (Phi) is 2.84. The normalized spacial score (nSPS) is 11.4. The summed E-state index contributed by atoms with van der Waals surface area (Å²) >= 11 is 4.38. The third-order valence-corrected chi connectivity index (χ3v) is 0.811. The van der Waals surface area contributed by atoms with E-state index in [1.54, 1.807) is 0 Å². The molecule has 0 atom stereocenters. The van der Waals surface area contributed by atoms with Gasteiger partial charge in [-0.15, -0.1) is 0 Å². The highest BCUT2D eigenvalue weighted by atomic mass is 35.5. The number of carboxylic acids is 1. The summed E-state index contributed by atoms with van der Waals surface area (Å²) in [4.78, 5) is 9.65. The van der Waals surface area contributed by atoms with Crippen LogP contribution in [-0.2, 0) is 4.79 Å². The van der Waals surface area contributed by atoms with Gasteiger partial charge in [-0.25, -0.2) is 0 Å². The van der Waals surface area contributed by atoms with Crippen LogP contribution in [0, 0.1) is 0 Å². The van der Waals surface area contributed by atoms with Crippen molar-refractivity contribution < 1.29 is 18.7 Å². The first-order chi connectivity index (χ1) is 3.92. The van der Waals surface area contributed by atoms with Crippen LogP contribution in [-0.4, -0.2) is 16.5 Å². The maximum Gasteiger partial charge on any atom is 0.322 e. The van der Waals surface area contributed by atoms with Gasteiger partial charge in [0.1, 0.15) is 0 Å². The van der Waals surface area contributed by atoms with Crippen molar-refractivity contribution in [3.63, 3.8) is 0 Å². The van der Waals surface area contributed by atoms with Gasteiger partial charge in [0.25, 0.3) is 0 Å². The predicted octanol–water partition coefficient (Wildman–Crippen LogP) is 1.68. The van der Waals surface area contributed by atoms with Crippen molar-refractivity contribution in [2.45, 2.75) is 18.2 Å². The summed E-state index contributed by atoms with van der Waals surface area (Å²) in [5.41, 5.74) is 0. The Bertz CT molecular complexity index is 110. The number of aliphatic carboxylic acids is 1. The van der Waals surface area contributed by atoms with Gasteiger partial charge in [0.2, 0.25) is 0 Å². The molecule has 1 N–H and O–H groups in total. The fraction of sp³-hybridized carbons (Fsp3) is 0.750. The largest absolute Gasteiger partial charge is 0.481 e. The molecule has 0 aromatic rings. The molecule has 0 amide bonds. The number of halogens is 3. The van der Waals surface area contributed by atoms with Gasteiger partial charge in [0, 0.05) is 6.42 Å². The zero-order valence-corrected chi connectivity index (χ0v) is 5.16. The van der Waals surface area contributed by atoms with Crippen molar-refractivity contribution in [3.05, 3.63) is 0 Å². The highest BCUT2D eigenvalue weighted by Crippen LogP contribution is 2.24. The Balaban J connectivity index is 3.39. The van der Waals surface area contributed by atoms with Crippen molar-refractivity contribution in [2.24, 2.45) is 0 Å². The third kappa shape index (κ3) is 7.62. The van der Waals surface area contributed by atoms with Crippen LogP contribution in [0.4, 0.5) is 8.78 Å². The number of carbonyl (C=O) groups is 1. The SMILES string of the molecule is O=C(O)CCC(F)(F)Cl. The van der Waals surface area contributed by atoms with E-state index in [1.165, 1.54) is 0 Å². The van der Waals surface area contributed by atoms with Gasteiger partial charge in [-0.05, 0) is 11.6 Å². The molecular weight excluding hydrogens is 153 g/mol. The number of carboxylic acid groups (broad SMARTS) is 1. The van der Waals surface area contributed by atoms with E-state index in [9.17, 15) is 13.6 Å². The molecule has 0 aliphatic rings. The summed E-state index contributed by atoms with van der Waals surface area (Å²) < 4.78 is 23.2. The molecule has 0 spiro atoms. The Morgan fingerprint density at radius 3 is 2.22 bits per heavy atom. The molecule has 0 aliphatic carbocycles. The van der Waals surface area contributed by atoms with Gasteiger partial charge in [0.05, 0.1) is 6.42 Å². The van der Waals surface area contributed by atoms with Crippen molar-refractivity contribution in [3.8, 4) is 0 Å². The summed E-state index contributed by atoms with van der Waals surface area (Å²) in [5, 5.41) is 4.51. The maximum absolute atomic E-state index is 11.6. The van der Waals surface area contributed by atoms with E-state index < -0.39 is 24.2 Å². The maximum atomic E-state index is 11.6. The molecule has 2 nitrogen and oxygen atoms in total. The average molecular weight is 159 g/mol. The van der Waals surface area contributed by atoms with E-state index >= 15 is 0 Å². The molecule has 0 saturated carbocycles. The van der Waals surface area contributed by atoms with Gasteiger partial charge < -0.3 is 5.11 Å². The lowest BCUT2D eigenvalue weighted by Gasteiger charge is -2.02. The Morgan fingerprint density at radius 2 is 2.11 bits per heavy atom. The van der Waals surface area contributed by atoms with Gasteiger partial charge in [-0.3, -0.25) is 4.79 Å². The summed E-state index contributed by atoms with van der Waals surface area (Å²) in [6.45, 7) is 0. The molecule has 0 rings (SSSR count). The molecule has 0 heterocycles. The summed E-state index contributed by atoms with van der Waals surface area (Å²) in [7, 11) is 0. The smallest absolute Gasteiger partial charge is 0.322 e. The Labute approximate surface area is 55.4 Å². The molecule has 9 heavy (non-hydrogen) atoms. The lowest BCUT2D eigenvalue weighted by molar-refractivity contribution is -0.138. The average Bonchev–Trinajstić information content (AvgIpc) is 1.59. The number of alkyl halides is 3. The van der Waals surface area contributed by atoms with E-state index in [4.69, 9.17) is 5.11 Å². The quantitative estimate of drug-likeness (QED) is 0.635. The van der Waals surface area contributed by atoms with Crippen molar-refractivity contribution >= 4 is 17.6 Å². The molecule has 5 heteroatoms. The van der Waals surface area contributed by atoms with E-state index in [0.717, 1.165) is 0 Å². The fourth-order valence-electron chi connectivity index (χ4n) is 0.249. The number of hydrogen-bond donors (Lipinski definition) is 1. The van der Waals surface area contributed by atoms with Crippen molar-refractivity contribution in [2.75, 3.05) is 0 Å². The lowest BCUT2D eigenvalue weighted by Crippen LogP contribution is -2.08. The van der Waals surface area contributed by atoms with Crippen LogP contribution in [0.25, 0.3) is 0 Å². The van der Waals surface area contributed by atoms with Crippen LogP contribution < -0.4 is 0 Å². The minimum Gasteiger partial charge on any atom is -0.481 e. The standard InChI is InChI=1S/C4H5ClF2O2/c5-4(6,7)2-1-3(8)9/h1-2H2,(H,8,9). The topological polar surface area (TPSA) is 37.3 Å². The van der Waals surface area contributed by atoms with E-state index in [1.807, 2.05) is 0 Å². The third-order valence-electron chi connectivity index (χ3n) is 0.622. The monoisotopic (exact) mass is 158 g/mol. The highest BCUT2D eigenvalue weighted by molar-refractivity contribution is 6.21. The molecule has 54 valence electrons. The van der Waals surface area contributed by atoms with Crippen LogP contribution in [0.2, 0.25) is 0 Å². The lowest BCUT2D eigenvalue weighted by atomic mass is 10.3. The fourth-order valence-corrected chi connectivity index (χ4v) is 0.343. The van der Waals surface area contributed by atoms with Gasteiger partial charge in [-0.2, -0.15) is 8.78 Å². The molecule has 0 aromatic heterocycles. The van der Waals surface area contributed by atoms with E-state index in [-0.39, 0.29) is 0 Å². The molecule has 0 saturated heterocycles. The van der Waals surface area contributed by atoms with E-state index in [2.05, 4.69) is 11.6 Å². The van der Waals surface area contributed by atoms with Gasteiger partial charge in [-0.1, -0.05) is 0 Å². The van der Waals surface area contributed by atoms with Crippen LogP contribution in [0.15, 0.2) is 0 Å².